The standard InChI is InChI=1S/C20H19ClN2O/c1-15-6-2-3-7-18(15)19(23-12-4-5-13-23)14-20(24)22-17-10-8-16(21)9-11-17/h2-13,19H,14H2,1H3,(H,22,24)/t19-/m1/s1. The van der Waals surface area contributed by atoms with Crippen LogP contribution in [0, 0.1) is 6.92 Å². The van der Waals surface area contributed by atoms with Gasteiger partial charge >= 0.3 is 0 Å². The lowest BCUT2D eigenvalue weighted by Crippen LogP contribution is -2.20. The minimum Gasteiger partial charge on any atom is -0.346 e. The second kappa shape index (κ2) is 7.37. The number of carbonyl (C=O) groups is 1. The van der Waals surface area contributed by atoms with Gasteiger partial charge in [-0.05, 0) is 54.4 Å². The van der Waals surface area contributed by atoms with E-state index < -0.39 is 0 Å². The lowest BCUT2D eigenvalue weighted by atomic mass is 9.98. The Balaban J connectivity index is 1.81. The number of rotatable bonds is 5. The molecular weight excluding hydrogens is 320 g/mol. The third-order valence-electron chi connectivity index (χ3n) is 4.04. The molecule has 1 atom stereocenters. The molecule has 0 unspecified atom stereocenters. The van der Waals surface area contributed by atoms with Crippen LogP contribution in [0.3, 0.4) is 0 Å². The van der Waals surface area contributed by atoms with Crippen LogP contribution in [0.4, 0.5) is 5.69 Å². The summed E-state index contributed by atoms with van der Waals surface area (Å²) in [5.41, 5.74) is 3.08. The summed E-state index contributed by atoms with van der Waals surface area (Å²) in [6, 6.07) is 19.2. The summed E-state index contributed by atoms with van der Waals surface area (Å²) in [6.45, 7) is 2.07. The Hall–Kier alpha value is -2.52. The molecule has 0 aliphatic heterocycles. The van der Waals surface area contributed by atoms with Crippen LogP contribution in [0.25, 0.3) is 0 Å². The minimum absolute atomic E-state index is 0.0284. The first-order valence-corrected chi connectivity index (χ1v) is 8.24. The SMILES string of the molecule is Cc1ccccc1[C@@H](CC(=O)Nc1ccc(Cl)cc1)n1cccc1. The first kappa shape index (κ1) is 16.3. The molecule has 0 aliphatic rings. The number of hydrogen-bond donors (Lipinski definition) is 1. The van der Waals surface area contributed by atoms with E-state index in [9.17, 15) is 4.79 Å². The molecule has 1 amide bonds. The molecular formula is C20H19ClN2O. The highest BCUT2D eigenvalue weighted by Gasteiger charge is 2.19. The van der Waals surface area contributed by atoms with Crippen molar-refractivity contribution in [3.05, 3.63) is 89.2 Å². The lowest BCUT2D eigenvalue weighted by Gasteiger charge is -2.21. The molecule has 2 aromatic carbocycles. The van der Waals surface area contributed by atoms with Crippen molar-refractivity contribution in [2.45, 2.75) is 19.4 Å². The van der Waals surface area contributed by atoms with Gasteiger partial charge in [0, 0.05) is 23.1 Å². The molecule has 3 rings (SSSR count). The Morgan fingerprint density at radius 2 is 1.71 bits per heavy atom. The van der Waals surface area contributed by atoms with E-state index in [0.29, 0.717) is 11.4 Å². The third kappa shape index (κ3) is 3.87. The predicted molar refractivity (Wildman–Crippen MR) is 98.4 cm³/mol. The van der Waals surface area contributed by atoms with Gasteiger partial charge in [-0.3, -0.25) is 4.79 Å². The second-order valence-corrected chi connectivity index (χ2v) is 6.20. The van der Waals surface area contributed by atoms with Crippen LogP contribution in [-0.2, 0) is 4.79 Å². The number of hydrogen-bond acceptors (Lipinski definition) is 1. The number of carbonyl (C=O) groups excluding carboxylic acids is 1. The van der Waals surface area contributed by atoms with Crippen LogP contribution in [0.1, 0.15) is 23.6 Å². The average molecular weight is 339 g/mol. The van der Waals surface area contributed by atoms with Crippen molar-refractivity contribution >= 4 is 23.2 Å². The van der Waals surface area contributed by atoms with Crippen LogP contribution >= 0.6 is 11.6 Å². The zero-order chi connectivity index (χ0) is 16.9. The van der Waals surface area contributed by atoms with E-state index in [-0.39, 0.29) is 11.9 Å². The summed E-state index contributed by atoms with van der Waals surface area (Å²) in [7, 11) is 0. The number of amides is 1. The monoisotopic (exact) mass is 338 g/mol. The first-order chi connectivity index (χ1) is 11.6. The Labute approximate surface area is 146 Å². The molecule has 0 radical (unpaired) electrons. The molecule has 0 saturated heterocycles. The highest BCUT2D eigenvalue weighted by Crippen LogP contribution is 2.26. The fourth-order valence-corrected chi connectivity index (χ4v) is 2.94. The van der Waals surface area contributed by atoms with Crippen molar-refractivity contribution in [3.8, 4) is 0 Å². The van der Waals surface area contributed by atoms with E-state index in [4.69, 9.17) is 11.6 Å². The average Bonchev–Trinajstić information content (AvgIpc) is 3.10. The predicted octanol–water partition coefficient (Wildman–Crippen LogP) is 5.07. The highest BCUT2D eigenvalue weighted by molar-refractivity contribution is 6.30. The molecule has 0 fully saturated rings. The Kier molecular flexibility index (Phi) is 5.02. The van der Waals surface area contributed by atoms with Crippen molar-refractivity contribution in [2.75, 3.05) is 5.32 Å². The van der Waals surface area contributed by atoms with Crippen molar-refractivity contribution in [2.24, 2.45) is 0 Å². The molecule has 0 spiro atoms. The van der Waals surface area contributed by atoms with Crippen LogP contribution in [0.5, 0.6) is 0 Å². The van der Waals surface area contributed by atoms with E-state index >= 15 is 0 Å². The maximum Gasteiger partial charge on any atom is 0.226 e. The third-order valence-corrected chi connectivity index (χ3v) is 4.29. The van der Waals surface area contributed by atoms with Crippen molar-refractivity contribution in [1.29, 1.82) is 0 Å². The summed E-state index contributed by atoms with van der Waals surface area (Å²) < 4.78 is 2.07. The molecule has 1 aromatic heterocycles. The quantitative estimate of drug-likeness (QED) is 0.692. The zero-order valence-corrected chi connectivity index (χ0v) is 14.2. The number of anilines is 1. The Morgan fingerprint density at radius 1 is 1.04 bits per heavy atom. The fourth-order valence-electron chi connectivity index (χ4n) is 2.81. The fraction of sp³-hybridized carbons (Fsp3) is 0.150. The van der Waals surface area contributed by atoms with Gasteiger partial charge in [0.05, 0.1) is 12.5 Å². The number of aryl methyl sites for hydroxylation is 1. The van der Waals surface area contributed by atoms with Crippen molar-refractivity contribution in [3.63, 3.8) is 0 Å². The van der Waals surface area contributed by atoms with E-state index in [1.165, 1.54) is 5.56 Å². The summed E-state index contributed by atoms with van der Waals surface area (Å²) in [6.07, 6.45) is 4.35. The summed E-state index contributed by atoms with van der Waals surface area (Å²) in [4.78, 5) is 12.5. The number of aromatic nitrogens is 1. The summed E-state index contributed by atoms with van der Waals surface area (Å²) in [5.74, 6) is -0.0284. The normalized spacial score (nSPS) is 11.9. The molecule has 1 N–H and O–H groups in total. The van der Waals surface area contributed by atoms with Crippen LogP contribution in [0.2, 0.25) is 5.02 Å². The summed E-state index contributed by atoms with van der Waals surface area (Å²) >= 11 is 5.88. The molecule has 0 bridgehead atoms. The molecule has 0 aliphatic carbocycles. The van der Waals surface area contributed by atoms with Crippen molar-refractivity contribution in [1.82, 2.24) is 4.57 Å². The van der Waals surface area contributed by atoms with Gasteiger partial charge in [0.25, 0.3) is 0 Å². The summed E-state index contributed by atoms with van der Waals surface area (Å²) in [5, 5.41) is 3.59. The minimum atomic E-state index is -0.0338. The van der Waals surface area contributed by atoms with Crippen LogP contribution in [0.15, 0.2) is 73.1 Å². The number of nitrogens with one attached hydrogen (secondary N) is 1. The lowest BCUT2D eigenvalue weighted by molar-refractivity contribution is -0.116. The smallest absolute Gasteiger partial charge is 0.226 e. The molecule has 3 aromatic rings. The maximum atomic E-state index is 12.5. The van der Waals surface area contributed by atoms with Gasteiger partial charge in [0.15, 0.2) is 0 Å². The molecule has 122 valence electrons. The van der Waals surface area contributed by atoms with E-state index in [1.54, 1.807) is 24.3 Å². The van der Waals surface area contributed by atoms with Gasteiger partial charge in [0.1, 0.15) is 0 Å². The van der Waals surface area contributed by atoms with Gasteiger partial charge < -0.3 is 9.88 Å². The van der Waals surface area contributed by atoms with Crippen LogP contribution < -0.4 is 5.32 Å². The highest BCUT2D eigenvalue weighted by atomic mass is 35.5. The number of halogens is 1. The largest absolute Gasteiger partial charge is 0.346 e. The number of nitrogens with zero attached hydrogens (tertiary/aromatic N) is 1. The molecule has 1 heterocycles. The Bertz CT molecular complexity index is 810. The van der Waals surface area contributed by atoms with Gasteiger partial charge in [0.2, 0.25) is 5.91 Å². The molecule has 3 nitrogen and oxygen atoms in total. The maximum absolute atomic E-state index is 12.5. The van der Waals surface area contributed by atoms with Gasteiger partial charge in [-0.2, -0.15) is 0 Å². The van der Waals surface area contributed by atoms with Gasteiger partial charge in [-0.25, -0.2) is 0 Å². The van der Waals surface area contributed by atoms with Crippen molar-refractivity contribution < 1.29 is 4.79 Å². The zero-order valence-electron chi connectivity index (χ0n) is 13.4. The van der Waals surface area contributed by atoms with Gasteiger partial charge in [-0.15, -0.1) is 0 Å². The second-order valence-electron chi connectivity index (χ2n) is 5.76. The molecule has 0 saturated carbocycles. The molecule has 24 heavy (non-hydrogen) atoms. The van der Waals surface area contributed by atoms with E-state index in [2.05, 4.69) is 28.9 Å². The van der Waals surface area contributed by atoms with Crippen LogP contribution in [-0.4, -0.2) is 10.5 Å². The first-order valence-electron chi connectivity index (χ1n) is 7.87. The van der Waals surface area contributed by atoms with E-state index in [0.717, 1.165) is 11.3 Å². The Morgan fingerprint density at radius 3 is 2.38 bits per heavy atom. The molecule has 4 heteroatoms. The number of benzene rings is 2. The van der Waals surface area contributed by atoms with Gasteiger partial charge in [-0.1, -0.05) is 35.9 Å². The topological polar surface area (TPSA) is 34.0 Å². The van der Waals surface area contributed by atoms with E-state index in [1.807, 2.05) is 36.7 Å².